The molecule has 1 aliphatic heterocycles. The Bertz CT molecular complexity index is 766. The maximum atomic E-state index is 13.8. The summed E-state index contributed by atoms with van der Waals surface area (Å²) >= 11 is 0. The van der Waals surface area contributed by atoms with Crippen LogP contribution >= 0.6 is 0 Å². The highest BCUT2D eigenvalue weighted by Crippen LogP contribution is 2.20. The first-order valence-corrected chi connectivity index (χ1v) is 7.73. The van der Waals surface area contributed by atoms with Gasteiger partial charge in [-0.1, -0.05) is 19.9 Å². The van der Waals surface area contributed by atoms with E-state index in [4.69, 9.17) is 0 Å². The number of nitrogens with one attached hydrogen (secondary N) is 1. The largest absolute Gasteiger partial charge is 0.310 e. The molecule has 0 atom stereocenters. The number of aromatic nitrogens is 2. The SMILES string of the molecule is CC(C)c1nc2c(c(=O)[nH]1)CCN(Cc1c(F)cccc1F)C2. The van der Waals surface area contributed by atoms with Crippen molar-refractivity contribution in [1.82, 2.24) is 14.9 Å². The van der Waals surface area contributed by atoms with Gasteiger partial charge >= 0.3 is 0 Å². The molecule has 0 unspecified atom stereocenters. The highest BCUT2D eigenvalue weighted by atomic mass is 19.1. The van der Waals surface area contributed by atoms with Crippen LogP contribution in [0, 0.1) is 11.6 Å². The number of fused-ring (bicyclic) bond motifs is 1. The van der Waals surface area contributed by atoms with Crippen LogP contribution in [0.15, 0.2) is 23.0 Å². The lowest BCUT2D eigenvalue weighted by Gasteiger charge is -2.28. The number of halogens is 2. The van der Waals surface area contributed by atoms with Crippen LogP contribution in [0.1, 0.15) is 42.4 Å². The minimum Gasteiger partial charge on any atom is -0.310 e. The summed E-state index contributed by atoms with van der Waals surface area (Å²) in [4.78, 5) is 21.4. The molecular weight excluding hydrogens is 300 g/mol. The Morgan fingerprint density at radius 1 is 1.30 bits per heavy atom. The number of nitrogens with zero attached hydrogens (tertiary/aromatic N) is 2. The van der Waals surface area contributed by atoms with Gasteiger partial charge in [-0.2, -0.15) is 0 Å². The van der Waals surface area contributed by atoms with E-state index in [0.717, 1.165) is 0 Å². The minimum absolute atomic E-state index is 0.0601. The third-order valence-corrected chi connectivity index (χ3v) is 4.16. The Morgan fingerprint density at radius 3 is 2.65 bits per heavy atom. The average molecular weight is 319 g/mol. The van der Waals surface area contributed by atoms with Crippen LogP contribution in [-0.4, -0.2) is 21.4 Å². The number of hydrogen-bond acceptors (Lipinski definition) is 3. The zero-order valence-corrected chi connectivity index (χ0v) is 13.2. The van der Waals surface area contributed by atoms with Crippen LogP contribution in [0.2, 0.25) is 0 Å². The lowest BCUT2D eigenvalue weighted by atomic mass is 10.0. The maximum absolute atomic E-state index is 13.8. The zero-order valence-electron chi connectivity index (χ0n) is 13.2. The molecular formula is C17H19F2N3O. The summed E-state index contributed by atoms with van der Waals surface area (Å²) in [6.45, 7) is 5.09. The van der Waals surface area contributed by atoms with Crippen LogP contribution in [0.3, 0.4) is 0 Å². The van der Waals surface area contributed by atoms with Crippen molar-refractivity contribution in [3.63, 3.8) is 0 Å². The highest BCUT2D eigenvalue weighted by Gasteiger charge is 2.23. The molecule has 23 heavy (non-hydrogen) atoms. The summed E-state index contributed by atoms with van der Waals surface area (Å²) in [7, 11) is 0. The molecule has 122 valence electrons. The van der Waals surface area contributed by atoms with E-state index in [1.807, 2.05) is 18.7 Å². The van der Waals surface area contributed by atoms with Crippen LogP contribution < -0.4 is 5.56 Å². The first-order valence-electron chi connectivity index (χ1n) is 7.73. The van der Waals surface area contributed by atoms with Gasteiger partial charge in [0.05, 0.1) is 5.69 Å². The van der Waals surface area contributed by atoms with E-state index in [1.165, 1.54) is 18.2 Å². The number of benzene rings is 1. The van der Waals surface area contributed by atoms with Crippen molar-refractivity contribution in [2.75, 3.05) is 6.54 Å². The summed E-state index contributed by atoms with van der Waals surface area (Å²) in [6, 6.07) is 3.88. The standard InChI is InChI=1S/C17H19F2N3O/c1-10(2)16-20-15-9-22(7-6-11(15)17(23)21-16)8-12-13(18)4-3-5-14(12)19/h3-5,10H,6-9H2,1-2H3,(H,20,21,23). The van der Waals surface area contributed by atoms with E-state index in [9.17, 15) is 13.6 Å². The van der Waals surface area contributed by atoms with Gasteiger partial charge in [-0.15, -0.1) is 0 Å². The summed E-state index contributed by atoms with van der Waals surface area (Å²) in [5.74, 6) is -0.324. The molecule has 1 aromatic heterocycles. The molecule has 0 spiro atoms. The first kappa shape index (κ1) is 15.8. The van der Waals surface area contributed by atoms with Gasteiger partial charge in [-0.3, -0.25) is 9.69 Å². The van der Waals surface area contributed by atoms with Gasteiger partial charge in [0.1, 0.15) is 17.5 Å². The number of H-pyrrole nitrogens is 1. The fourth-order valence-corrected chi connectivity index (χ4v) is 2.83. The highest BCUT2D eigenvalue weighted by molar-refractivity contribution is 5.23. The van der Waals surface area contributed by atoms with Crippen molar-refractivity contribution in [2.24, 2.45) is 0 Å². The summed E-state index contributed by atoms with van der Waals surface area (Å²) in [6.07, 6.45) is 0.534. The number of aromatic amines is 1. The molecule has 4 nitrogen and oxygen atoms in total. The Hall–Kier alpha value is -2.08. The summed E-state index contributed by atoms with van der Waals surface area (Å²) in [5, 5.41) is 0. The maximum Gasteiger partial charge on any atom is 0.254 e. The van der Waals surface area contributed by atoms with Crippen molar-refractivity contribution < 1.29 is 8.78 Å². The van der Waals surface area contributed by atoms with Crippen molar-refractivity contribution in [3.8, 4) is 0 Å². The lowest BCUT2D eigenvalue weighted by molar-refractivity contribution is 0.233. The second-order valence-electron chi connectivity index (χ2n) is 6.19. The molecule has 0 saturated heterocycles. The second-order valence-corrected chi connectivity index (χ2v) is 6.19. The second kappa shape index (κ2) is 6.20. The van der Waals surface area contributed by atoms with E-state index in [-0.39, 0.29) is 23.6 Å². The molecule has 1 aromatic carbocycles. The van der Waals surface area contributed by atoms with Crippen molar-refractivity contribution in [1.29, 1.82) is 0 Å². The zero-order chi connectivity index (χ0) is 16.6. The molecule has 0 aliphatic carbocycles. The Kier molecular flexibility index (Phi) is 4.26. The molecule has 0 amide bonds. The van der Waals surface area contributed by atoms with Gasteiger partial charge < -0.3 is 4.98 Å². The molecule has 0 fully saturated rings. The monoisotopic (exact) mass is 319 g/mol. The first-order chi connectivity index (χ1) is 11.0. The van der Waals surface area contributed by atoms with Crippen molar-refractivity contribution in [2.45, 2.75) is 39.3 Å². The lowest BCUT2D eigenvalue weighted by Crippen LogP contribution is -2.35. The Labute approximate surface area is 133 Å². The third-order valence-electron chi connectivity index (χ3n) is 4.16. The number of rotatable bonds is 3. The minimum atomic E-state index is -0.544. The smallest absolute Gasteiger partial charge is 0.254 e. The summed E-state index contributed by atoms with van der Waals surface area (Å²) < 4.78 is 27.6. The van der Waals surface area contributed by atoms with Gasteiger partial charge in [0.15, 0.2) is 0 Å². The van der Waals surface area contributed by atoms with E-state index in [0.29, 0.717) is 36.6 Å². The molecule has 0 radical (unpaired) electrons. The van der Waals surface area contributed by atoms with Crippen LogP contribution in [0.4, 0.5) is 8.78 Å². The molecule has 2 aromatic rings. The van der Waals surface area contributed by atoms with Gasteiger partial charge in [-0.05, 0) is 18.6 Å². The predicted molar refractivity (Wildman–Crippen MR) is 83.1 cm³/mol. The molecule has 1 aliphatic rings. The van der Waals surface area contributed by atoms with Gasteiger partial charge in [0.2, 0.25) is 0 Å². The Balaban J connectivity index is 1.87. The topological polar surface area (TPSA) is 49.0 Å². The van der Waals surface area contributed by atoms with Crippen molar-refractivity contribution >= 4 is 0 Å². The van der Waals surface area contributed by atoms with Gasteiger partial charge in [0.25, 0.3) is 5.56 Å². The molecule has 0 saturated carbocycles. The summed E-state index contributed by atoms with van der Waals surface area (Å²) in [5.41, 5.74) is 1.35. The van der Waals surface area contributed by atoms with Crippen LogP contribution in [-0.2, 0) is 19.5 Å². The van der Waals surface area contributed by atoms with Gasteiger partial charge in [0, 0.05) is 36.7 Å². The quantitative estimate of drug-likeness (QED) is 0.946. The fraction of sp³-hybridized carbons (Fsp3) is 0.412. The average Bonchev–Trinajstić information content (AvgIpc) is 2.50. The molecule has 0 bridgehead atoms. The van der Waals surface area contributed by atoms with Crippen LogP contribution in [0.5, 0.6) is 0 Å². The van der Waals surface area contributed by atoms with E-state index in [2.05, 4.69) is 9.97 Å². The molecule has 1 N–H and O–H groups in total. The van der Waals surface area contributed by atoms with E-state index < -0.39 is 11.6 Å². The molecule has 3 rings (SSSR count). The Morgan fingerprint density at radius 2 is 2.00 bits per heavy atom. The predicted octanol–water partition coefficient (Wildman–Crippen LogP) is 2.73. The van der Waals surface area contributed by atoms with Crippen LogP contribution in [0.25, 0.3) is 0 Å². The molecule has 6 heteroatoms. The van der Waals surface area contributed by atoms with E-state index in [1.54, 1.807) is 0 Å². The third kappa shape index (κ3) is 3.17. The fourth-order valence-electron chi connectivity index (χ4n) is 2.83. The van der Waals surface area contributed by atoms with Crippen molar-refractivity contribution in [3.05, 3.63) is 62.8 Å². The van der Waals surface area contributed by atoms with Gasteiger partial charge in [-0.25, -0.2) is 13.8 Å². The van der Waals surface area contributed by atoms with E-state index >= 15 is 0 Å². The normalized spacial score (nSPS) is 15.0. The molecule has 2 heterocycles. The number of hydrogen-bond donors (Lipinski definition) is 1.